The maximum atomic E-state index is 5.89. The SMILES string of the molecule is Cc1cc(C2CN(Cc3nc[nH]c3C)CCO2)nc(C)n1. The van der Waals surface area contributed by atoms with Crippen molar-refractivity contribution in [3.05, 3.63) is 41.0 Å². The topological polar surface area (TPSA) is 66.9 Å². The monoisotopic (exact) mass is 287 g/mol. The highest BCUT2D eigenvalue weighted by atomic mass is 16.5. The van der Waals surface area contributed by atoms with E-state index < -0.39 is 0 Å². The molecule has 0 aliphatic carbocycles. The predicted octanol–water partition coefficient (Wildman–Crippen LogP) is 1.70. The summed E-state index contributed by atoms with van der Waals surface area (Å²) in [5.74, 6) is 0.800. The second-order valence-corrected chi connectivity index (χ2v) is 5.55. The Kier molecular flexibility index (Phi) is 3.98. The zero-order chi connectivity index (χ0) is 14.8. The van der Waals surface area contributed by atoms with Crippen LogP contribution in [0.25, 0.3) is 0 Å². The van der Waals surface area contributed by atoms with E-state index in [1.807, 2.05) is 19.9 Å². The number of ether oxygens (including phenoxy) is 1. The van der Waals surface area contributed by atoms with Crippen molar-refractivity contribution in [1.82, 2.24) is 24.8 Å². The Balaban J connectivity index is 1.72. The number of morpholine rings is 1. The number of imidazole rings is 1. The van der Waals surface area contributed by atoms with Crippen LogP contribution in [0.5, 0.6) is 0 Å². The summed E-state index contributed by atoms with van der Waals surface area (Å²) in [6, 6.07) is 2.01. The highest BCUT2D eigenvalue weighted by Gasteiger charge is 2.24. The fourth-order valence-corrected chi connectivity index (χ4v) is 2.69. The van der Waals surface area contributed by atoms with Gasteiger partial charge >= 0.3 is 0 Å². The van der Waals surface area contributed by atoms with Crippen molar-refractivity contribution in [3.8, 4) is 0 Å². The Labute approximate surface area is 124 Å². The van der Waals surface area contributed by atoms with Gasteiger partial charge in [0.15, 0.2) is 0 Å². The summed E-state index contributed by atoms with van der Waals surface area (Å²) in [5.41, 5.74) is 4.20. The molecule has 1 fully saturated rings. The van der Waals surface area contributed by atoms with Crippen LogP contribution in [0, 0.1) is 20.8 Å². The molecule has 21 heavy (non-hydrogen) atoms. The lowest BCUT2D eigenvalue weighted by Gasteiger charge is -2.32. The number of H-pyrrole nitrogens is 1. The van der Waals surface area contributed by atoms with E-state index in [2.05, 4.69) is 31.8 Å². The zero-order valence-corrected chi connectivity index (χ0v) is 12.8. The van der Waals surface area contributed by atoms with Gasteiger partial charge in [0.2, 0.25) is 0 Å². The van der Waals surface area contributed by atoms with Crippen LogP contribution >= 0.6 is 0 Å². The molecule has 6 nitrogen and oxygen atoms in total. The standard InChI is InChI=1S/C15H21N5O/c1-10-6-13(19-12(3)18-10)15-8-20(4-5-21-15)7-14-11(2)16-9-17-14/h6,9,15H,4-5,7-8H2,1-3H3,(H,16,17). The molecular formula is C15H21N5O. The maximum absolute atomic E-state index is 5.89. The third-order valence-electron chi connectivity index (χ3n) is 3.77. The van der Waals surface area contributed by atoms with Crippen LogP contribution in [-0.4, -0.2) is 44.5 Å². The normalized spacial score (nSPS) is 19.9. The summed E-state index contributed by atoms with van der Waals surface area (Å²) in [4.78, 5) is 18.7. The van der Waals surface area contributed by atoms with E-state index in [0.29, 0.717) is 0 Å². The molecule has 1 aliphatic heterocycles. The molecule has 3 heterocycles. The molecule has 0 bridgehead atoms. The van der Waals surface area contributed by atoms with Crippen LogP contribution in [-0.2, 0) is 11.3 Å². The van der Waals surface area contributed by atoms with Crippen molar-refractivity contribution in [2.75, 3.05) is 19.7 Å². The lowest BCUT2D eigenvalue weighted by molar-refractivity contribution is -0.0355. The second kappa shape index (κ2) is 5.91. The number of aromatic amines is 1. The van der Waals surface area contributed by atoms with Gasteiger partial charge in [0, 0.05) is 31.0 Å². The fourth-order valence-electron chi connectivity index (χ4n) is 2.69. The summed E-state index contributed by atoms with van der Waals surface area (Å²) in [6.07, 6.45) is 1.76. The molecule has 1 unspecified atom stereocenters. The number of hydrogen-bond acceptors (Lipinski definition) is 5. The van der Waals surface area contributed by atoms with E-state index in [-0.39, 0.29) is 6.10 Å². The fraction of sp³-hybridized carbons (Fsp3) is 0.533. The van der Waals surface area contributed by atoms with E-state index in [0.717, 1.165) is 54.8 Å². The molecule has 2 aromatic heterocycles. The van der Waals surface area contributed by atoms with Crippen molar-refractivity contribution >= 4 is 0 Å². The molecule has 2 aromatic rings. The molecule has 0 aromatic carbocycles. The Bertz CT molecular complexity index is 604. The quantitative estimate of drug-likeness (QED) is 0.930. The summed E-state index contributed by atoms with van der Waals surface area (Å²) in [7, 11) is 0. The van der Waals surface area contributed by atoms with Gasteiger partial charge < -0.3 is 9.72 Å². The van der Waals surface area contributed by atoms with Crippen molar-refractivity contribution in [3.63, 3.8) is 0 Å². The largest absolute Gasteiger partial charge is 0.369 e. The molecule has 0 saturated carbocycles. The number of nitrogens with zero attached hydrogens (tertiary/aromatic N) is 4. The molecule has 0 spiro atoms. The third-order valence-corrected chi connectivity index (χ3v) is 3.77. The first-order chi connectivity index (χ1) is 10.1. The number of nitrogens with one attached hydrogen (secondary N) is 1. The Morgan fingerprint density at radius 3 is 2.90 bits per heavy atom. The number of rotatable bonds is 3. The van der Waals surface area contributed by atoms with Crippen LogP contribution < -0.4 is 0 Å². The molecule has 1 N–H and O–H groups in total. The van der Waals surface area contributed by atoms with Crippen LogP contribution in [0.15, 0.2) is 12.4 Å². The molecule has 0 radical (unpaired) electrons. The minimum Gasteiger partial charge on any atom is -0.369 e. The minimum absolute atomic E-state index is 0.0124. The van der Waals surface area contributed by atoms with Crippen molar-refractivity contribution in [2.24, 2.45) is 0 Å². The Morgan fingerprint density at radius 2 is 2.19 bits per heavy atom. The smallest absolute Gasteiger partial charge is 0.125 e. The first-order valence-electron chi connectivity index (χ1n) is 7.27. The summed E-state index contributed by atoms with van der Waals surface area (Å²) in [6.45, 7) is 9.29. The van der Waals surface area contributed by atoms with Gasteiger partial charge in [-0.3, -0.25) is 4.90 Å². The molecular weight excluding hydrogens is 266 g/mol. The van der Waals surface area contributed by atoms with Crippen LogP contribution in [0.4, 0.5) is 0 Å². The van der Waals surface area contributed by atoms with Gasteiger partial charge in [0.05, 0.1) is 24.3 Å². The number of aromatic nitrogens is 4. The van der Waals surface area contributed by atoms with Crippen molar-refractivity contribution in [1.29, 1.82) is 0 Å². The predicted molar refractivity (Wildman–Crippen MR) is 78.8 cm³/mol. The van der Waals surface area contributed by atoms with Gasteiger partial charge in [-0.05, 0) is 26.8 Å². The van der Waals surface area contributed by atoms with E-state index in [1.54, 1.807) is 6.33 Å². The lowest BCUT2D eigenvalue weighted by atomic mass is 10.1. The molecule has 1 saturated heterocycles. The van der Waals surface area contributed by atoms with Gasteiger partial charge in [-0.15, -0.1) is 0 Å². The van der Waals surface area contributed by atoms with E-state index >= 15 is 0 Å². The number of hydrogen-bond donors (Lipinski definition) is 1. The minimum atomic E-state index is 0.0124. The van der Waals surface area contributed by atoms with E-state index in [4.69, 9.17) is 4.74 Å². The molecule has 1 atom stereocenters. The van der Waals surface area contributed by atoms with Gasteiger partial charge in [-0.25, -0.2) is 15.0 Å². The van der Waals surface area contributed by atoms with Crippen LogP contribution in [0.3, 0.4) is 0 Å². The summed E-state index contributed by atoms with van der Waals surface area (Å²) in [5, 5.41) is 0. The molecule has 0 amide bonds. The molecule has 1 aliphatic rings. The summed E-state index contributed by atoms with van der Waals surface area (Å²) >= 11 is 0. The average Bonchev–Trinajstić information content (AvgIpc) is 2.84. The average molecular weight is 287 g/mol. The highest BCUT2D eigenvalue weighted by Crippen LogP contribution is 2.22. The number of aryl methyl sites for hydroxylation is 3. The van der Waals surface area contributed by atoms with E-state index in [1.165, 1.54) is 0 Å². The highest BCUT2D eigenvalue weighted by molar-refractivity contribution is 5.14. The van der Waals surface area contributed by atoms with Gasteiger partial charge in [0.1, 0.15) is 11.9 Å². The Morgan fingerprint density at radius 1 is 1.33 bits per heavy atom. The molecule has 112 valence electrons. The lowest BCUT2D eigenvalue weighted by Crippen LogP contribution is -2.38. The Hall–Kier alpha value is -1.79. The zero-order valence-electron chi connectivity index (χ0n) is 12.8. The summed E-state index contributed by atoms with van der Waals surface area (Å²) < 4.78 is 5.89. The van der Waals surface area contributed by atoms with Crippen LogP contribution in [0.2, 0.25) is 0 Å². The molecule has 6 heteroatoms. The van der Waals surface area contributed by atoms with E-state index in [9.17, 15) is 0 Å². The van der Waals surface area contributed by atoms with Gasteiger partial charge in [-0.1, -0.05) is 0 Å². The van der Waals surface area contributed by atoms with Gasteiger partial charge in [-0.2, -0.15) is 0 Å². The maximum Gasteiger partial charge on any atom is 0.125 e. The van der Waals surface area contributed by atoms with Gasteiger partial charge in [0.25, 0.3) is 0 Å². The first-order valence-corrected chi connectivity index (χ1v) is 7.27. The molecule has 3 rings (SSSR count). The van der Waals surface area contributed by atoms with Crippen molar-refractivity contribution < 1.29 is 4.74 Å². The van der Waals surface area contributed by atoms with Crippen molar-refractivity contribution in [2.45, 2.75) is 33.4 Å². The van der Waals surface area contributed by atoms with Crippen LogP contribution in [0.1, 0.15) is 34.7 Å². The first kappa shape index (κ1) is 14.2. The third kappa shape index (κ3) is 3.28. The second-order valence-electron chi connectivity index (χ2n) is 5.55.